The van der Waals surface area contributed by atoms with Crippen molar-refractivity contribution in [1.29, 1.82) is 0 Å². The summed E-state index contributed by atoms with van der Waals surface area (Å²) in [6, 6.07) is 81.7. The zero-order valence-electron chi connectivity index (χ0n) is 52.5. The third kappa shape index (κ3) is 10.5. The van der Waals surface area contributed by atoms with Gasteiger partial charge in [-0.3, -0.25) is 0 Å². The van der Waals surface area contributed by atoms with Crippen LogP contribution in [0.5, 0.6) is 0 Å². The molecule has 0 saturated heterocycles. The van der Waals surface area contributed by atoms with Crippen LogP contribution in [0.4, 0.5) is 13.2 Å². The molecule has 5 nitrogen and oxygen atoms in total. The van der Waals surface area contributed by atoms with Crippen molar-refractivity contribution in [2.45, 2.75) is 61.6 Å². The van der Waals surface area contributed by atoms with Crippen LogP contribution in [-0.2, 0) is 6.18 Å². The Morgan fingerprint density at radius 3 is 0.902 bits per heavy atom. The van der Waals surface area contributed by atoms with Gasteiger partial charge in [-0.15, -0.1) is 0 Å². The summed E-state index contributed by atoms with van der Waals surface area (Å²) in [5, 5.41) is 3.60. The molecule has 0 saturated carbocycles. The zero-order chi connectivity index (χ0) is 63.3. The Hall–Kier alpha value is -11.0. The van der Waals surface area contributed by atoms with Gasteiger partial charge in [0.25, 0.3) is 0 Å². The molecule has 3 aromatic heterocycles. The number of fused-ring (bicyclic) bond motifs is 6. The second kappa shape index (κ2) is 22.5. The van der Waals surface area contributed by atoms with Gasteiger partial charge in [-0.25, -0.2) is 15.0 Å². The Morgan fingerprint density at radius 2 is 0.565 bits per heavy atom. The molecule has 0 aliphatic rings. The van der Waals surface area contributed by atoms with Crippen LogP contribution in [0, 0.1) is 55.4 Å². The first-order chi connectivity index (χ1) is 44.4. The minimum Gasteiger partial charge on any atom is -0.309 e. The maximum absolute atomic E-state index is 17.3. The minimum absolute atomic E-state index is 0.0131. The normalized spacial score (nSPS) is 11.9. The Bertz CT molecular complexity index is 5120. The molecule has 8 heteroatoms. The molecule has 0 aliphatic carbocycles. The van der Waals surface area contributed by atoms with Gasteiger partial charge in [-0.05, 0) is 166 Å². The van der Waals surface area contributed by atoms with Crippen LogP contribution in [0.3, 0.4) is 0 Å². The highest BCUT2D eigenvalue weighted by molar-refractivity contribution is 6.14. The van der Waals surface area contributed by atoms with E-state index in [2.05, 4.69) is 181 Å². The van der Waals surface area contributed by atoms with E-state index in [1.54, 1.807) is 18.2 Å². The summed E-state index contributed by atoms with van der Waals surface area (Å²) in [7, 11) is 0. The molecule has 0 N–H and O–H groups in total. The summed E-state index contributed by atoms with van der Waals surface area (Å²) in [6.07, 6.45) is -4.87. The fourth-order valence-electron chi connectivity index (χ4n) is 14.1. The van der Waals surface area contributed by atoms with Crippen LogP contribution < -0.4 is 0 Å². The average molecular weight is 1200 g/mol. The SMILES string of the molecule is Cc1cc(C)cc(-c2ccc3c(c2)c2cc(-c4cc(C)cc(C)c4)ccc2n3-c2cc(-c3nc(-c4ccccc4)nc(-c4ccccc4)n3)ccc2-c2cccc(-n3c4ccc(-c5cc(C)cc(C)c5)cc4c4cc(-c5cc(C)cc(C)c5)ccc43)c2C(F)(F)F)c1. The number of aryl methyl sites for hydroxylation is 8. The summed E-state index contributed by atoms with van der Waals surface area (Å²) < 4.78 is 55.9. The molecule has 3 heterocycles. The molecule has 0 spiro atoms. The number of hydrogen-bond donors (Lipinski definition) is 0. The standard InChI is InChI=1S/C84H64F3N5/c1-49-32-50(2)37-64(36-49)59-23-28-74-70(44-59)71-45-60(65-38-51(3)33-52(4)39-65)24-29-75(71)91(74)78-21-15-20-69(80(78)84(85,86)87)68-27-22-63(83-89-81(57-16-11-9-12-17-57)88-82(90-83)58-18-13-10-14-19-58)48-79(68)92-76-30-25-61(66-40-53(5)34-54(6)41-66)46-72(76)73-47-62(26-31-77(73)92)67-42-55(7)35-56(8)43-67/h9-48H,1-8H3. The van der Waals surface area contributed by atoms with Gasteiger partial charge < -0.3 is 9.13 Å². The number of nitrogens with zero attached hydrogens (tertiary/aromatic N) is 5. The first-order valence-electron chi connectivity index (χ1n) is 31.2. The number of aromatic nitrogens is 5. The molecular weight excluding hydrogens is 1140 g/mol. The Balaban J connectivity index is 1.03. The van der Waals surface area contributed by atoms with E-state index < -0.39 is 11.7 Å². The molecule has 12 aromatic carbocycles. The maximum atomic E-state index is 17.3. The molecule has 15 aromatic rings. The molecule has 0 aliphatic heterocycles. The molecule has 0 atom stereocenters. The minimum atomic E-state index is -4.87. The number of benzene rings is 12. The van der Waals surface area contributed by atoms with Crippen LogP contribution >= 0.6 is 0 Å². The van der Waals surface area contributed by atoms with Gasteiger partial charge in [0, 0.05) is 43.8 Å². The van der Waals surface area contributed by atoms with Crippen LogP contribution in [0.1, 0.15) is 50.1 Å². The van der Waals surface area contributed by atoms with E-state index in [1.807, 2.05) is 108 Å². The first kappa shape index (κ1) is 57.5. The number of rotatable bonds is 10. The summed E-state index contributed by atoms with van der Waals surface area (Å²) in [4.78, 5) is 15.4. The Morgan fingerprint density at radius 1 is 0.250 bits per heavy atom. The summed E-state index contributed by atoms with van der Waals surface area (Å²) in [5.74, 6) is 1.31. The second-order valence-corrected chi connectivity index (χ2v) is 25.1. The van der Waals surface area contributed by atoms with Gasteiger partial charge in [0.1, 0.15) is 0 Å². The van der Waals surface area contributed by atoms with Crippen molar-refractivity contribution < 1.29 is 13.2 Å². The molecule has 0 amide bonds. The molecule has 15 rings (SSSR count). The average Bonchev–Trinajstić information content (AvgIpc) is 1.54. The van der Waals surface area contributed by atoms with Crippen molar-refractivity contribution in [2.24, 2.45) is 0 Å². The quantitative estimate of drug-likeness (QED) is 0.137. The van der Waals surface area contributed by atoms with Crippen LogP contribution in [0.2, 0.25) is 0 Å². The number of halogens is 3. The van der Waals surface area contributed by atoms with E-state index in [0.717, 1.165) is 133 Å². The van der Waals surface area contributed by atoms with E-state index in [4.69, 9.17) is 15.0 Å². The van der Waals surface area contributed by atoms with E-state index in [1.165, 1.54) is 0 Å². The summed E-state index contributed by atoms with van der Waals surface area (Å²) in [5.41, 5.74) is 22.7. The molecular formula is C84H64F3N5. The lowest BCUT2D eigenvalue weighted by molar-refractivity contribution is -0.136. The fraction of sp³-hybridized carbons (Fsp3) is 0.107. The van der Waals surface area contributed by atoms with Crippen molar-refractivity contribution in [2.75, 3.05) is 0 Å². The van der Waals surface area contributed by atoms with Crippen LogP contribution in [0.15, 0.2) is 243 Å². The molecule has 0 bridgehead atoms. The van der Waals surface area contributed by atoms with Crippen molar-refractivity contribution in [3.8, 4) is 101 Å². The third-order valence-corrected chi connectivity index (χ3v) is 17.8. The summed E-state index contributed by atoms with van der Waals surface area (Å²) >= 11 is 0. The molecule has 0 radical (unpaired) electrons. The predicted octanol–water partition coefficient (Wildman–Crippen LogP) is 22.9. The lowest BCUT2D eigenvalue weighted by Gasteiger charge is -2.22. The monoisotopic (exact) mass is 1200 g/mol. The van der Waals surface area contributed by atoms with Gasteiger partial charge in [-0.1, -0.05) is 226 Å². The maximum Gasteiger partial charge on any atom is 0.419 e. The number of alkyl halides is 3. The van der Waals surface area contributed by atoms with Gasteiger partial charge >= 0.3 is 6.18 Å². The fourth-order valence-corrected chi connectivity index (χ4v) is 14.1. The second-order valence-electron chi connectivity index (χ2n) is 25.1. The number of hydrogen-bond acceptors (Lipinski definition) is 3. The Kier molecular flexibility index (Phi) is 14.1. The van der Waals surface area contributed by atoms with Crippen molar-refractivity contribution in [3.63, 3.8) is 0 Å². The van der Waals surface area contributed by atoms with Crippen molar-refractivity contribution in [1.82, 2.24) is 24.1 Å². The zero-order valence-corrected chi connectivity index (χ0v) is 52.5. The highest BCUT2D eigenvalue weighted by Crippen LogP contribution is 2.48. The smallest absolute Gasteiger partial charge is 0.309 e. The highest BCUT2D eigenvalue weighted by Gasteiger charge is 2.39. The van der Waals surface area contributed by atoms with Gasteiger partial charge in [-0.2, -0.15) is 13.2 Å². The third-order valence-electron chi connectivity index (χ3n) is 17.8. The van der Waals surface area contributed by atoms with E-state index >= 15 is 13.2 Å². The first-order valence-corrected chi connectivity index (χ1v) is 31.2. The van der Waals surface area contributed by atoms with Crippen molar-refractivity contribution in [3.05, 3.63) is 293 Å². The topological polar surface area (TPSA) is 48.5 Å². The van der Waals surface area contributed by atoms with Crippen LogP contribution in [0.25, 0.3) is 145 Å². The lowest BCUT2D eigenvalue weighted by atomic mass is 9.94. The molecule has 446 valence electrons. The van der Waals surface area contributed by atoms with Gasteiger partial charge in [0.05, 0.1) is 39.0 Å². The van der Waals surface area contributed by atoms with Gasteiger partial charge in [0.15, 0.2) is 17.5 Å². The van der Waals surface area contributed by atoms with E-state index in [9.17, 15) is 0 Å². The highest BCUT2D eigenvalue weighted by atomic mass is 19.4. The summed E-state index contributed by atoms with van der Waals surface area (Å²) in [6.45, 7) is 16.8. The van der Waals surface area contributed by atoms with Crippen LogP contribution in [-0.4, -0.2) is 24.1 Å². The van der Waals surface area contributed by atoms with E-state index in [0.29, 0.717) is 45.3 Å². The lowest BCUT2D eigenvalue weighted by Crippen LogP contribution is -2.13. The molecule has 0 unspecified atom stereocenters. The van der Waals surface area contributed by atoms with Gasteiger partial charge in [0.2, 0.25) is 0 Å². The van der Waals surface area contributed by atoms with Crippen molar-refractivity contribution >= 4 is 43.6 Å². The predicted molar refractivity (Wildman–Crippen MR) is 375 cm³/mol. The Labute approximate surface area is 533 Å². The van der Waals surface area contributed by atoms with E-state index in [-0.39, 0.29) is 11.3 Å². The largest absolute Gasteiger partial charge is 0.419 e. The molecule has 0 fully saturated rings. The molecule has 92 heavy (non-hydrogen) atoms.